The second-order valence-electron chi connectivity index (χ2n) is 7.18. The predicted octanol–water partition coefficient (Wildman–Crippen LogP) is 3.46. The molecule has 0 aromatic heterocycles. The highest BCUT2D eigenvalue weighted by Gasteiger charge is 2.48. The average Bonchev–Trinajstić information content (AvgIpc) is 2.82. The van der Waals surface area contributed by atoms with Gasteiger partial charge in [0.1, 0.15) is 23.0 Å². The van der Waals surface area contributed by atoms with Crippen LogP contribution in [0.15, 0.2) is 35.7 Å². The van der Waals surface area contributed by atoms with Crippen molar-refractivity contribution >= 4 is 28.8 Å². The van der Waals surface area contributed by atoms with Crippen LogP contribution in [-0.2, 0) is 31.6 Å². The summed E-state index contributed by atoms with van der Waals surface area (Å²) in [6.07, 6.45) is 1.40. The van der Waals surface area contributed by atoms with Crippen molar-refractivity contribution in [2.75, 3.05) is 28.4 Å². The van der Waals surface area contributed by atoms with Crippen LogP contribution in [0.2, 0.25) is 0 Å². The molecule has 0 aliphatic rings. The molecule has 0 aliphatic carbocycles. The summed E-state index contributed by atoms with van der Waals surface area (Å²) in [5.41, 5.74) is -1.14. The molecule has 9 nitrogen and oxygen atoms in total. The molecule has 34 heavy (non-hydrogen) atoms. The normalized spacial score (nSPS) is 12.3. The molecular weight excluding hydrogens is 464 g/mol. The van der Waals surface area contributed by atoms with Gasteiger partial charge in [-0.2, -0.15) is 0 Å². The third-order valence-electron chi connectivity index (χ3n) is 5.43. The van der Waals surface area contributed by atoms with Gasteiger partial charge in [-0.3, -0.25) is 13.8 Å². The average molecular weight is 493 g/mol. The van der Waals surface area contributed by atoms with E-state index >= 15 is 0 Å². The number of carboxylic acid groups (broad SMARTS) is 2. The molecule has 0 bridgehead atoms. The SMILES string of the molecule is CCC(C(=O)O)(C(=O)O)c1cc(CS(=O)/C=C/c2c(OC)cc(OC)cc2OC)ccc1OC. The Morgan fingerprint density at radius 2 is 1.47 bits per heavy atom. The van der Waals surface area contributed by atoms with Crippen LogP contribution in [0.4, 0.5) is 0 Å². The summed E-state index contributed by atoms with van der Waals surface area (Å²) in [5, 5.41) is 20.9. The highest BCUT2D eigenvalue weighted by Crippen LogP contribution is 2.37. The number of rotatable bonds is 12. The van der Waals surface area contributed by atoms with Crippen molar-refractivity contribution in [3.05, 3.63) is 52.4 Å². The number of ether oxygens (including phenoxy) is 4. The molecule has 0 fully saturated rings. The van der Waals surface area contributed by atoms with E-state index in [0.29, 0.717) is 28.4 Å². The second kappa shape index (κ2) is 11.6. The molecular formula is C24H28O9S. The van der Waals surface area contributed by atoms with Crippen LogP contribution < -0.4 is 18.9 Å². The lowest BCUT2D eigenvalue weighted by Crippen LogP contribution is -2.43. The topological polar surface area (TPSA) is 129 Å². The number of carbonyl (C=O) groups is 2. The van der Waals surface area contributed by atoms with Crippen LogP contribution in [0.25, 0.3) is 6.08 Å². The molecule has 184 valence electrons. The molecule has 1 unspecified atom stereocenters. The number of aliphatic carboxylic acids is 2. The summed E-state index contributed by atoms with van der Waals surface area (Å²) in [6.45, 7) is 1.48. The van der Waals surface area contributed by atoms with Crippen molar-refractivity contribution in [2.24, 2.45) is 0 Å². The number of hydrogen-bond donors (Lipinski definition) is 2. The zero-order valence-electron chi connectivity index (χ0n) is 19.6. The zero-order chi connectivity index (χ0) is 25.5. The van der Waals surface area contributed by atoms with Crippen molar-refractivity contribution < 1.29 is 43.0 Å². The second-order valence-corrected chi connectivity index (χ2v) is 8.50. The van der Waals surface area contributed by atoms with Crippen LogP contribution in [0.1, 0.15) is 30.0 Å². The monoisotopic (exact) mass is 492 g/mol. The maximum absolute atomic E-state index is 12.8. The van der Waals surface area contributed by atoms with Gasteiger partial charge in [-0.15, -0.1) is 0 Å². The fourth-order valence-electron chi connectivity index (χ4n) is 3.55. The van der Waals surface area contributed by atoms with Crippen LogP contribution >= 0.6 is 0 Å². The van der Waals surface area contributed by atoms with E-state index in [1.807, 2.05) is 0 Å². The smallest absolute Gasteiger partial charge is 0.325 e. The first-order valence-electron chi connectivity index (χ1n) is 10.2. The van der Waals surface area contributed by atoms with Crippen LogP contribution in [-0.4, -0.2) is 54.8 Å². The Morgan fingerprint density at radius 3 is 1.91 bits per heavy atom. The quantitative estimate of drug-likeness (QED) is 0.428. The Kier molecular flexibility index (Phi) is 9.08. The maximum Gasteiger partial charge on any atom is 0.325 e. The van der Waals surface area contributed by atoms with E-state index in [1.54, 1.807) is 24.3 Å². The molecule has 0 heterocycles. The lowest BCUT2D eigenvalue weighted by molar-refractivity contribution is -0.158. The molecule has 1 atom stereocenters. The summed E-state index contributed by atoms with van der Waals surface area (Å²) in [5.74, 6) is -1.39. The lowest BCUT2D eigenvalue weighted by atomic mass is 9.77. The highest BCUT2D eigenvalue weighted by atomic mass is 32.2. The van der Waals surface area contributed by atoms with Gasteiger partial charge in [0.25, 0.3) is 0 Å². The molecule has 2 N–H and O–H groups in total. The molecule has 0 aliphatic heterocycles. The van der Waals surface area contributed by atoms with E-state index in [2.05, 4.69) is 0 Å². The van der Waals surface area contributed by atoms with E-state index in [9.17, 15) is 24.0 Å². The van der Waals surface area contributed by atoms with Crippen LogP contribution in [0, 0.1) is 0 Å². The van der Waals surface area contributed by atoms with E-state index in [0.717, 1.165) is 0 Å². The van der Waals surface area contributed by atoms with Gasteiger partial charge in [0.2, 0.25) is 0 Å². The number of carboxylic acids is 2. The van der Waals surface area contributed by atoms with E-state index in [4.69, 9.17) is 18.9 Å². The van der Waals surface area contributed by atoms with Crippen molar-refractivity contribution in [2.45, 2.75) is 24.5 Å². The largest absolute Gasteiger partial charge is 0.496 e. The minimum Gasteiger partial charge on any atom is -0.496 e. The predicted molar refractivity (Wildman–Crippen MR) is 127 cm³/mol. The van der Waals surface area contributed by atoms with Crippen molar-refractivity contribution in [1.82, 2.24) is 0 Å². The van der Waals surface area contributed by atoms with Crippen LogP contribution in [0.3, 0.4) is 0 Å². The molecule has 2 aromatic rings. The molecule has 2 rings (SSSR count). The third-order valence-corrected chi connectivity index (χ3v) is 6.49. The summed E-state index contributed by atoms with van der Waals surface area (Å²) in [4.78, 5) is 24.0. The number of benzene rings is 2. The first kappa shape index (κ1) is 26.7. The fraction of sp³-hybridized carbons (Fsp3) is 0.333. The Labute approximate surface area is 200 Å². The third kappa shape index (κ3) is 5.33. The highest BCUT2D eigenvalue weighted by molar-refractivity contribution is 7.87. The number of methoxy groups -OCH3 is 4. The molecule has 2 aromatic carbocycles. The fourth-order valence-corrected chi connectivity index (χ4v) is 4.44. The maximum atomic E-state index is 12.8. The number of hydrogen-bond acceptors (Lipinski definition) is 7. The van der Waals surface area contributed by atoms with Crippen molar-refractivity contribution in [3.8, 4) is 23.0 Å². The molecule has 10 heteroatoms. The van der Waals surface area contributed by atoms with Gasteiger partial charge in [-0.25, -0.2) is 0 Å². The standard InChI is InChI=1S/C24H28O9S/c1-6-24(22(25)26,23(27)28)18-11-15(7-8-19(18)31-3)14-34(29)10-9-17-20(32-4)12-16(30-2)13-21(17)33-5/h7-13H,6,14H2,1-5H3,(H,25,26)(H,27,28)/b10-9+. The zero-order valence-corrected chi connectivity index (χ0v) is 20.4. The summed E-state index contributed by atoms with van der Waals surface area (Å²) < 4.78 is 34.0. The summed E-state index contributed by atoms with van der Waals surface area (Å²) >= 11 is 0. The minimum absolute atomic E-state index is 0.00512. The Hall–Kier alpha value is -3.53. The molecule has 0 saturated heterocycles. The molecule has 0 amide bonds. The van der Waals surface area contributed by atoms with Gasteiger partial charge in [0.05, 0.1) is 50.6 Å². The van der Waals surface area contributed by atoms with Crippen molar-refractivity contribution in [3.63, 3.8) is 0 Å². The van der Waals surface area contributed by atoms with Gasteiger partial charge < -0.3 is 29.2 Å². The molecule has 0 saturated carbocycles. The van der Waals surface area contributed by atoms with Crippen molar-refractivity contribution in [1.29, 1.82) is 0 Å². The van der Waals surface area contributed by atoms with Gasteiger partial charge in [0, 0.05) is 23.1 Å². The van der Waals surface area contributed by atoms with Gasteiger partial charge >= 0.3 is 11.9 Å². The first-order valence-corrected chi connectivity index (χ1v) is 11.6. The Balaban J connectivity index is 2.42. The van der Waals surface area contributed by atoms with Gasteiger partial charge in [0.15, 0.2) is 5.41 Å². The Bertz CT molecular complexity index is 1070. The summed E-state index contributed by atoms with van der Waals surface area (Å²) in [6, 6.07) is 7.86. The van der Waals surface area contributed by atoms with Gasteiger partial charge in [-0.1, -0.05) is 13.0 Å². The summed E-state index contributed by atoms with van der Waals surface area (Å²) in [7, 11) is 4.31. The van der Waals surface area contributed by atoms with Crippen LogP contribution in [0.5, 0.6) is 23.0 Å². The van der Waals surface area contributed by atoms with Gasteiger partial charge in [-0.05, 0) is 30.2 Å². The minimum atomic E-state index is -2.19. The Morgan fingerprint density at radius 1 is 0.912 bits per heavy atom. The molecule has 0 radical (unpaired) electrons. The lowest BCUT2D eigenvalue weighted by Gasteiger charge is -2.26. The van der Waals surface area contributed by atoms with E-state index in [1.165, 1.54) is 52.9 Å². The first-order chi connectivity index (χ1) is 16.2. The van der Waals surface area contributed by atoms with E-state index < -0.39 is 28.2 Å². The van der Waals surface area contributed by atoms with E-state index in [-0.39, 0.29) is 23.5 Å². The molecule has 0 spiro atoms.